The molecule has 11 heavy (non-hydrogen) atoms. The summed E-state index contributed by atoms with van der Waals surface area (Å²) in [6.45, 7) is 7.93. The summed E-state index contributed by atoms with van der Waals surface area (Å²) in [5, 5.41) is 1.13. The minimum absolute atomic E-state index is 0.670. The van der Waals surface area contributed by atoms with Gasteiger partial charge in [-0.2, -0.15) is 0 Å². The molecule has 0 fully saturated rings. The molecule has 0 bridgehead atoms. The van der Waals surface area contributed by atoms with E-state index in [9.17, 15) is 0 Å². The Kier molecular flexibility index (Phi) is 6.25. The first-order valence-corrected chi connectivity index (χ1v) is 5.50. The minimum atomic E-state index is 0.670. The molecule has 0 amide bonds. The fourth-order valence-corrected chi connectivity index (χ4v) is 1.57. The normalized spacial score (nSPS) is 14.5. The van der Waals surface area contributed by atoms with Crippen LogP contribution in [0.3, 0.4) is 0 Å². The maximum absolute atomic E-state index is 3.53. The molecule has 0 rings (SSSR count). The zero-order valence-corrected chi connectivity index (χ0v) is 9.69. The molecular weight excluding hydrogens is 202 g/mol. The van der Waals surface area contributed by atoms with Crippen molar-refractivity contribution in [2.45, 2.75) is 33.2 Å². The zero-order chi connectivity index (χ0) is 8.85. The van der Waals surface area contributed by atoms with E-state index in [1.54, 1.807) is 0 Å². The molecule has 0 aliphatic heterocycles. The third-order valence-corrected chi connectivity index (χ3v) is 3.14. The summed E-state index contributed by atoms with van der Waals surface area (Å²) >= 11 is 3.53. The van der Waals surface area contributed by atoms with Crippen molar-refractivity contribution in [2.75, 3.05) is 18.9 Å². The summed E-state index contributed by atoms with van der Waals surface area (Å²) in [4.78, 5) is 2.40. The fourth-order valence-electron chi connectivity index (χ4n) is 0.905. The van der Waals surface area contributed by atoms with E-state index in [0.29, 0.717) is 6.04 Å². The van der Waals surface area contributed by atoms with E-state index in [4.69, 9.17) is 0 Å². The average molecular weight is 222 g/mol. The van der Waals surface area contributed by atoms with Crippen LogP contribution in [0.1, 0.15) is 27.2 Å². The van der Waals surface area contributed by atoms with Gasteiger partial charge in [0.25, 0.3) is 0 Å². The van der Waals surface area contributed by atoms with Gasteiger partial charge in [0.15, 0.2) is 0 Å². The predicted molar refractivity (Wildman–Crippen MR) is 55.3 cm³/mol. The van der Waals surface area contributed by atoms with Crippen LogP contribution in [-0.2, 0) is 0 Å². The van der Waals surface area contributed by atoms with Gasteiger partial charge in [-0.3, -0.25) is 0 Å². The van der Waals surface area contributed by atoms with Crippen molar-refractivity contribution >= 4 is 15.9 Å². The van der Waals surface area contributed by atoms with Crippen LogP contribution >= 0.6 is 15.9 Å². The summed E-state index contributed by atoms with van der Waals surface area (Å²) < 4.78 is 0. The topological polar surface area (TPSA) is 3.24 Å². The molecule has 0 heterocycles. The molecule has 2 heteroatoms. The Morgan fingerprint density at radius 3 is 2.18 bits per heavy atom. The van der Waals surface area contributed by atoms with Gasteiger partial charge in [0.1, 0.15) is 0 Å². The fraction of sp³-hybridized carbons (Fsp3) is 1.00. The number of nitrogens with zero attached hydrogens (tertiary/aromatic N) is 1. The first-order valence-electron chi connectivity index (χ1n) is 4.38. The molecule has 68 valence electrons. The molecule has 1 atom stereocenters. The molecule has 0 spiro atoms. The Morgan fingerprint density at radius 1 is 1.36 bits per heavy atom. The van der Waals surface area contributed by atoms with Crippen molar-refractivity contribution in [3.63, 3.8) is 0 Å². The Morgan fingerprint density at radius 2 is 1.91 bits per heavy atom. The second-order valence-electron chi connectivity index (χ2n) is 3.46. The summed E-state index contributed by atoms with van der Waals surface area (Å²) in [6, 6.07) is 0.670. The van der Waals surface area contributed by atoms with Crippen LogP contribution < -0.4 is 0 Å². The summed E-state index contributed by atoms with van der Waals surface area (Å²) in [5.74, 6) is 0.808. The molecule has 0 radical (unpaired) electrons. The third-order valence-electron chi connectivity index (χ3n) is 2.22. The first kappa shape index (κ1) is 11.4. The van der Waals surface area contributed by atoms with Gasteiger partial charge in [0.2, 0.25) is 0 Å². The lowest BCUT2D eigenvalue weighted by atomic mass is 10.1. The van der Waals surface area contributed by atoms with Gasteiger partial charge in [-0.1, -0.05) is 29.3 Å². The van der Waals surface area contributed by atoms with Crippen molar-refractivity contribution in [3.05, 3.63) is 0 Å². The molecule has 0 aromatic heterocycles. The Balaban J connectivity index is 3.62. The number of halogens is 1. The van der Waals surface area contributed by atoms with Gasteiger partial charge in [-0.15, -0.1) is 0 Å². The molecule has 1 unspecified atom stereocenters. The minimum Gasteiger partial charge on any atom is -0.304 e. The molecule has 0 aliphatic rings. The van der Waals surface area contributed by atoms with Crippen molar-refractivity contribution in [1.82, 2.24) is 4.90 Å². The molecule has 0 aromatic carbocycles. The molecule has 0 N–H and O–H groups in total. The van der Waals surface area contributed by atoms with E-state index in [1.165, 1.54) is 13.0 Å². The predicted octanol–water partition coefficient (Wildman–Crippen LogP) is 2.75. The lowest BCUT2D eigenvalue weighted by Gasteiger charge is -2.25. The molecule has 0 saturated carbocycles. The average Bonchev–Trinajstić information content (AvgIpc) is 1.99. The van der Waals surface area contributed by atoms with Crippen molar-refractivity contribution in [2.24, 2.45) is 5.92 Å². The maximum Gasteiger partial charge on any atom is 0.00717 e. The van der Waals surface area contributed by atoms with E-state index in [2.05, 4.69) is 48.6 Å². The van der Waals surface area contributed by atoms with Crippen molar-refractivity contribution < 1.29 is 0 Å². The van der Waals surface area contributed by atoms with Crippen molar-refractivity contribution in [3.8, 4) is 0 Å². The smallest absolute Gasteiger partial charge is 0.00717 e. The third kappa shape index (κ3) is 4.81. The SMILES string of the molecule is CCC(CBr)CN(C)C(C)C. The lowest BCUT2D eigenvalue weighted by Crippen LogP contribution is -2.31. The number of hydrogen-bond acceptors (Lipinski definition) is 1. The highest BCUT2D eigenvalue weighted by molar-refractivity contribution is 9.09. The standard InChI is InChI=1S/C9H20BrN/c1-5-9(6-10)7-11(4)8(2)3/h8-9H,5-7H2,1-4H3. The zero-order valence-electron chi connectivity index (χ0n) is 8.10. The number of alkyl halides is 1. The van der Waals surface area contributed by atoms with E-state index in [-0.39, 0.29) is 0 Å². The van der Waals surface area contributed by atoms with E-state index in [0.717, 1.165) is 11.2 Å². The van der Waals surface area contributed by atoms with Gasteiger partial charge < -0.3 is 4.90 Å². The summed E-state index contributed by atoms with van der Waals surface area (Å²) in [7, 11) is 2.19. The van der Waals surface area contributed by atoms with Gasteiger partial charge in [-0.25, -0.2) is 0 Å². The Labute approximate surface area is 79.3 Å². The molecule has 0 aromatic rings. The van der Waals surface area contributed by atoms with Crippen molar-refractivity contribution in [1.29, 1.82) is 0 Å². The second-order valence-corrected chi connectivity index (χ2v) is 4.11. The highest BCUT2D eigenvalue weighted by atomic mass is 79.9. The highest BCUT2D eigenvalue weighted by Crippen LogP contribution is 2.09. The van der Waals surface area contributed by atoms with Crippen LogP contribution in [0, 0.1) is 5.92 Å². The second kappa shape index (κ2) is 6.01. The molecule has 1 nitrogen and oxygen atoms in total. The monoisotopic (exact) mass is 221 g/mol. The van der Waals surface area contributed by atoms with Crippen LogP contribution in [0.25, 0.3) is 0 Å². The lowest BCUT2D eigenvalue weighted by molar-refractivity contribution is 0.237. The Bertz CT molecular complexity index is 89.6. The largest absolute Gasteiger partial charge is 0.304 e. The maximum atomic E-state index is 3.53. The number of rotatable bonds is 5. The van der Waals surface area contributed by atoms with Gasteiger partial charge in [0, 0.05) is 17.9 Å². The van der Waals surface area contributed by atoms with Crippen LogP contribution in [0.5, 0.6) is 0 Å². The van der Waals surface area contributed by atoms with Gasteiger partial charge in [0.05, 0.1) is 0 Å². The first-order chi connectivity index (χ1) is 5.11. The van der Waals surface area contributed by atoms with E-state index < -0.39 is 0 Å². The highest BCUT2D eigenvalue weighted by Gasteiger charge is 2.09. The molecule has 0 saturated heterocycles. The Hall–Kier alpha value is 0.440. The van der Waals surface area contributed by atoms with Crippen LogP contribution in [0.2, 0.25) is 0 Å². The van der Waals surface area contributed by atoms with Crippen LogP contribution in [-0.4, -0.2) is 29.9 Å². The summed E-state index contributed by atoms with van der Waals surface area (Å²) in [6.07, 6.45) is 1.27. The van der Waals surface area contributed by atoms with Gasteiger partial charge in [-0.05, 0) is 26.8 Å². The molecular formula is C9H20BrN. The number of hydrogen-bond donors (Lipinski definition) is 0. The van der Waals surface area contributed by atoms with Crippen LogP contribution in [0.15, 0.2) is 0 Å². The van der Waals surface area contributed by atoms with E-state index >= 15 is 0 Å². The molecule has 0 aliphatic carbocycles. The summed E-state index contributed by atoms with van der Waals surface area (Å²) in [5.41, 5.74) is 0. The van der Waals surface area contributed by atoms with E-state index in [1.807, 2.05) is 0 Å². The van der Waals surface area contributed by atoms with Crippen LogP contribution in [0.4, 0.5) is 0 Å². The van der Waals surface area contributed by atoms with Gasteiger partial charge >= 0.3 is 0 Å². The quantitative estimate of drug-likeness (QED) is 0.646.